The minimum Gasteiger partial charge on any atom is -0.310 e. The van der Waals surface area contributed by atoms with Gasteiger partial charge in [-0.3, -0.25) is 0 Å². The van der Waals surface area contributed by atoms with Gasteiger partial charge in [0.1, 0.15) is 0 Å². The van der Waals surface area contributed by atoms with Crippen molar-refractivity contribution in [1.29, 1.82) is 0 Å². The second-order valence-electron chi connectivity index (χ2n) is 1.58. The lowest BCUT2D eigenvalue weighted by molar-refractivity contribution is 0.437. The van der Waals surface area contributed by atoms with Gasteiger partial charge in [-0.25, -0.2) is 0 Å². The Balaban J connectivity index is 2.16. The average Bonchev–Trinajstić information content (AvgIpc) is 1.31. The van der Waals surface area contributed by atoms with E-state index in [4.69, 9.17) is 0 Å². The van der Waals surface area contributed by atoms with E-state index in [2.05, 4.69) is 11.9 Å². The van der Waals surface area contributed by atoms with Gasteiger partial charge in [0, 0.05) is 6.04 Å². The zero-order valence-electron chi connectivity index (χ0n) is 3.78. The van der Waals surface area contributed by atoms with Gasteiger partial charge < -0.3 is 5.32 Å². The molecule has 0 amide bonds. The number of hydrogen-bond donors (Lipinski definition) is 1. The molecule has 0 spiro atoms. The maximum absolute atomic E-state index is 3.62. The van der Waals surface area contributed by atoms with Crippen LogP contribution >= 0.6 is 0 Å². The molecule has 0 aliphatic carbocycles. The Morgan fingerprint density at radius 2 is 2.50 bits per heavy atom. The third-order valence-corrected chi connectivity index (χ3v) is 1.15. The number of rotatable bonds is 1. The molecule has 0 bridgehead atoms. The molecule has 1 heterocycles. The number of hydrogen-bond acceptors (Lipinski definition) is 1. The minimum atomic E-state index is 0.630. The summed E-state index contributed by atoms with van der Waals surface area (Å²) in [5.41, 5.74) is 0. The van der Waals surface area contributed by atoms with E-state index in [0.29, 0.717) is 6.04 Å². The Kier molecular flexibility index (Phi) is 0.926. The summed E-state index contributed by atoms with van der Waals surface area (Å²) in [5, 5.41) is 3.18. The zero-order chi connectivity index (χ0) is 4.41. The molecule has 1 heteroatoms. The van der Waals surface area contributed by atoms with Gasteiger partial charge in [0.2, 0.25) is 0 Å². The van der Waals surface area contributed by atoms with Crippen LogP contribution in [0.25, 0.3) is 0 Å². The third kappa shape index (κ3) is 0.455. The van der Waals surface area contributed by atoms with Crippen molar-refractivity contribution in [2.24, 2.45) is 0 Å². The van der Waals surface area contributed by atoms with Crippen molar-refractivity contribution in [3.8, 4) is 0 Å². The zero-order valence-corrected chi connectivity index (χ0v) is 3.78. The van der Waals surface area contributed by atoms with Crippen molar-refractivity contribution in [3.05, 3.63) is 12.7 Å². The van der Waals surface area contributed by atoms with Gasteiger partial charge in [-0.1, -0.05) is 6.08 Å². The lowest BCUT2D eigenvalue weighted by Crippen LogP contribution is -2.40. The quantitative estimate of drug-likeness (QED) is 0.456. The van der Waals surface area contributed by atoms with Crippen LogP contribution in [0.5, 0.6) is 0 Å². The Bertz CT molecular complexity index is 55.0. The molecule has 0 aromatic heterocycles. The van der Waals surface area contributed by atoms with Gasteiger partial charge >= 0.3 is 0 Å². The van der Waals surface area contributed by atoms with Crippen LogP contribution in [0.15, 0.2) is 12.7 Å². The van der Waals surface area contributed by atoms with E-state index >= 15 is 0 Å². The lowest BCUT2D eigenvalue weighted by atomic mass is 10.1. The largest absolute Gasteiger partial charge is 0.310 e. The standard InChI is InChI=1S/C5H9N/c1-2-5-3-4-6-5/h2,5-6H,1,3-4H2. The molecule has 1 atom stereocenters. The van der Waals surface area contributed by atoms with Gasteiger partial charge in [0.25, 0.3) is 0 Å². The van der Waals surface area contributed by atoms with E-state index in [1.54, 1.807) is 0 Å². The topological polar surface area (TPSA) is 12.0 Å². The van der Waals surface area contributed by atoms with Crippen molar-refractivity contribution < 1.29 is 0 Å². The molecule has 1 saturated heterocycles. The van der Waals surface area contributed by atoms with E-state index < -0.39 is 0 Å². The van der Waals surface area contributed by atoms with Crippen LogP contribution in [0.3, 0.4) is 0 Å². The molecule has 1 fully saturated rings. The van der Waals surface area contributed by atoms with Crippen molar-refractivity contribution in [1.82, 2.24) is 5.32 Å². The monoisotopic (exact) mass is 83.1 g/mol. The molecule has 0 aromatic carbocycles. The van der Waals surface area contributed by atoms with Crippen LogP contribution in [0.1, 0.15) is 6.42 Å². The summed E-state index contributed by atoms with van der Waals surface area (Å²) in [6, 6.07) is 0.630. The van der Waals surface area contributed by atoms with Gasteiger partial charge in [0.15, 0.2) is 0 Å². The lowest BCUT2D eigenvalue weighted by Gasteiger charge is -2.23. The van der Waals surface area contributed by atoms with E-state index in [9.17, 15) is 0 Å². The highest BCUT2D eigenvalue weighted by molar-refractivity contribution is 4.91. The highest BCUT2D eigenvalue weighted by atomic mass is 15.0. The van der Waals surface area contributed by atoms with Crippen LogP contribution in [0, 0.1) is 0 Å². The molecule has 1 N–H and O–H groups in total. The molecule has 0 aromatic rings. The summed E-state index contributed by atoms with van der Waals surface area (Å²) in [6.45, 7) is 4.80. The summed E-state index contributed by atoms with van der Waals surface area (Å²) in [5.74, 6) is 0. The van der Waals surface area contributed by atoms with Crippen LogP contribution in [0.4, 0.5) is 0 Å². The van der Waals surface area contributed by atoms with Crippen LogP contribution in [-0.2, 0) is 0 Å². The fraction of sp³-hybridized carbons (Fsp3) is 0.600. The first-order valence-electron chi connectivity index (χ1n) is 2.29. The third-order valence-electron chi connectivity index (χ3n) is 1.15. The van der Waals surface area contributed by atoms with E-state index in [1.807, 2.05) is 6.08 Å². The maximum Gasteiger partial charge on any atom is 0.0259 e. The molecule has 0 saturated carbocycles. The molecule has 1 aliphatic rings. The highest BCUT2D eigenvalue weighted by Gasteiger charge is 2.09. The molecule has 1 nitrogen and oxygen atoms in total. The number of nitrogens with one attached hydrogen (secondary N) is 1. The molecule has 0 radical (unpaired) electrons. The van der Waals surface area contributed by atoms with Crippen LogP contribution in [-0.4, -0.2) is 12.6 Å². The highest BCUT2D eigenvalue weighted by Crippen LogP contribution is 1.99. The molecule has 34 valence electrons. The fourth-order valence-electron chi connectivity index (χ4n) is 0.512. The summed E-state index contributed by atoms with van der Waals surface area (Å²) in [7, 11) is 0. The molecule has 1 aliphatic heterocycles. The summed E-state index contributed by atoms with van der Waals surface area (Å²) in [6.07, 6.45) is 3.23. The molecular formula is C5H9N. The first-order valence-corrected chi connectivity index (χ1v) is 2.29. The summed E-state index contributed by atoms with van der Waals surface area (Å²) < 4.78 is 0. The van der Waals surface area contributed by atoms with Crippen molar-refractivity contribution in [3.63, 3.8) is 0 Å². The van der Waals surface area contributed by atoms with E-state index in [0.717, 1.165) is 0 Å². The molecule has 1 rings (SSSR count). The first kappa shape index (κ1) is 3.88. The molecule has 6 heavy (non-hydrogen) atoms. The predicted molar refractivity (Wildman–Crippen MR) is 26.6 cm³/mol. The van der Waals surface area contributed by atoms with Crippen molar-refractivity contribution in [2.75, 3.05) is 6.54 Å². The fourth-order valence-corrected chi connectivity index (χ4v) is 0.512. The van der Waals surface area contributed by atoms with Gasteiger partial charge in [-0.2, -0.15) is 0 Å². The smallest absolute Gasteiger partial charge is 0.0259 e. The Morgan fingerprint density at radius 3 is 2.50 bits per heavy atom. The van der Waals surface area contributed by atoms with E-state index in [1.165, 1.54) is 13.0 Å². The van der Waals surface area contributed by atoms with Crippen molar-refractivity contribution >= 4 is 0 Å². The first-order chi connectivity index (χ1) is 2.93. The Labute approximate surface area is 38.1 Å². The van der Waals surface area contributed by atoms with E-state index in [-0.39, 0.29) is 0 Å². The van der Waals surface area contributed by atoms with Gasteiger partial charge in [0.05, 0.1) is 0 Å². The predicted octanol–water partition coefficient (Wildman–Crippen LogP) is 0.534. The molecular weight excluding hydrogens is 74.1 g/mol. The second kappa shape index (κ2) is 1.43. The van der Waals surface area contributed by atoms with Crippen LogP contribution in [0.2, 0.25) is 0 Å². The Morgan fingerprint density at radius 1 is 1.83 bits per heavy atom. The van der Waals surface area contributed by atoms with Gasteiger partial charge in [-0.05, 0) is 13.0 Å². The average molecular weight is 83.1 g/mol. The molecule has 1 unspecified atom stereocenters. The second-order valence-corrected chi connectivity index (χ2v) is 1.58. The normalized spacial score (nSPS) is 31.7. The summed E-state index contributed by atoms with van der Waals surface area (Å²) in [4.78, 5) is 0. The Hall–Kier alpha value is -0.300. The SMILES string of the molecule is C=CC1CCN1. The maximum atomic E-state index is 3.62. The van der Waals surface area contributed by atoms with Crippen molar-refractivity contribution in [2.45, 2.75) is 12.5 Å². The van der Waals surface area contributed by atoms with Gasteiger partial charge in [-0.15, -0.1) is 6.58 Å². The summed E-state index contributed by atoms with van der Waals surface area (Å²) >= 11 is 0. The minimum absolute atomic E-state index is 0.630. The van der Waals surface area contributed by atoms with Crippen LogP contribution < -0.4 is 5.32 Å².